The van der Waals surface area contributed by atoms with Gasteiger partial charge in [0, 0.05) is 6.42 Å². The van der Waals surface area contributed by atoms with Gasteiger partial charge in [-0.15, -0.1) is 11.3 Å². The Balaban J connectivity index is 2.03. The summed E-state index contributed by atoms with van der Waals surface area (Å²) in [5.41, 5.74) is 2.91. The van der Waals surface area contributed by atoms with E-state index in [-0.39, 0.29) is 0 Å². The molecule has 4 nitrogen and oxygen atoms in total. The fourth-order valence-electron chi connectivity index (χ4n) is 2.35. The van der Waals surface area contributed by atoms with Crippen molar-refractivity contribution in [2.24, 2.45) is 0 Å². The van der Waals surface area contributed by atoms with Crippen LogP contribution in [0.3, 0.4) is 0 Å². The summed E-state index contributed by atoms with van der Waals surface area (Å²) in [5, 5.41) is 10.0. The zero-order valence-corrected chi connectivity index (χ0v) is 14.0. The Morgan fingerprint density at radius 1 is 1.27 bits per heavy atom. The molecule has 0 unspecified atom stereocenters. The third kappa shape index (κ3) is 3.85. The van der Waals surface area contributed by atoms with Gasteiger partial charge in [0.1, 0.15) is 10.6 Å². The average Bonchev–Trinajstić information content (AvgIpc) is 2.86. The molecule has 0 atom stereocenters. The van der Waals surface area contributed by atoms with E-state index < -0.39 is 5.97 Å². The van der Waals surface area contributed by atoms with E-state index in [2.05, 4.69) is 4.98 Å². The monoisotopic (exact) mass is 319 g/mol. The third-order valence-electron chi connectivity index (χ3n) is 3.39. The Hall–Kier alpha value is -1.88. The molecule has 1 heterocycles. The molecule has 0 saturated carbocycles. The van der Waals surface area contributed by atoms with Gasteiger partial charge >= 0.3 is 5.97 Å². The van der Waals surface area contributed by atoms with Crippen LogP contribution in [0.1, 0.15) is 44.8 Å². The number of thiazole rings is 1. The van der Waals surface area contributed by atoms with E-state index in [1.165, 1.54) is 11.3 Å². The van der Waals surface area contributed by atoms with Gasteiger partial charge in [0.25, 0.3) is 0 Å². The summed E-state index contributed by atoms with van der Waals surface area (Å²) in [4.78, 5) is 16.1. The molecule has 118 valence electrons. The second-order valence-electron chi connectivity index (χ2n) is 5.26. The summed E-state index contributed by atoms with van der Waals surface area (Å²) < 4.78 is 5.86. The Kier molecular flexibility index (Phi) is 5.55. The lowest BCUT2D eigenvalue weighted by Crippen LogP contribution is -2.03. The number of aryl methyl sites for hydroxylation is 3. The predicted molar refractivity (Wildman–Crippen MR) is 88.2 cm³/mol. The molecule has 5 heteroatoms. The number of rotatable bonds is 7. The predicted octanol–water partition coefficient (Wildman–Crippen LogP) is 4.03. The molecular weight excluding hydrogens is 298 g/mol. The quantitative estimate of drug-likeness (QED) is 0.837. The van der Waals surface area contributed by atoms with Gasteiger partial charge in [-0.3, -0.25) is 0 Å². The highest BCUT2D eigenvalue weighted by molar-refractivity contribution is 7.13. The highest BCUT2D eigenvalue weighted by atomic mass is 32.1. The molecule has 1 aromatic carbocycles. The first-order valence-corrected chi connectivity index (χ1v) is 8.25. The molecule has 1 aromatic heterocycles. The lowest BCUT2D eigenvalue weighted by atomic mass is 10.1. The highest BCUT2D eigenvalue weighted by Crippen LogP contribution is 2.24. The Bertz CT molecular complexity index is 644. The summed E-state index contributed by atoms with van der Waals surface area (Å²) in [6, 6.07) is 6.05. The van der Waals surface area contributed by atoms with Gasteiger partial charge in [-0.25, -0.2) is 9.78 Å². The minimum absolute atomic E-state index is 0.365. The first-order chi connectivity index (χ1) is 10.5. The molecule has 0 aliphatic rings. The molecule has 0 radical (unpaired) electrons. The molecule has 1 N–H and O–H groups in total. The molecule has 0 fully saturated rings. The van der Waals surface area contributed by atoms with Gasteiger partial charge in [-0.1, -0.05) is 31.5 Å². The van der Waals surface area contributed by atoms with Gasteiger partial charge in [-0.2, -0.15) is 0 Å². The van der Waals surface area contributed by atoms with Crippen molar-refractivity contribution in [3.8, 4) is 5.75 Å². The van der Waals surface area contributed by atoms with E-state index in [1.807, 2.05) is 39.0 Å². The number of ether oxygens (including phenoxy) is 1. The number of para-hydroxylation sites is 1. The Morgan fingerprint density at radius 3 is 2.55 bits per heavy atom. The average molecular weight is 319 g/mol. The third-order valence-corrected chi connectivity index (χ3v) is 4.54. The van der Waals surface area contributed by atoms with Crippen molar-refractivity contribution in [2.45, 2.75) is 40.0 Å². The van der Waals surface area contributed by atoms with Crippen molar-refractivity contribution in [3.63, 3.8) is 0 Å². The topological polar surface area (TPSA) is 59.4 Å². The number of aromatic nitrogens is 1. The van der Waals surface area contributed by atoms with Gasteiger partial charge in [-0.05, 0) is 31.4 Å². The second kappa shape index (κ2) is 7.40. The molecule has 0 aliphatic heterocycles. The van der Waals surface area contributed by atoms with Gasteiger partial charge < -0.3 is 9.84 Å². The van der Waals surface area contributed by atoms with E-state index in [4.69, 9.17) is 4.74 Å². The van der Waals surface area contributed by atoms with Gasteiger partial charge in [0.15, 0.2) is 0 Å². The Morgan fingerprint density at radius 2 is 1.95 bits per heavy atom. The number of nitrogens with zero attached hydrogens (tertiary/aromatic N) is 1. The Labute approximate surface area is 134 Å². The summed E-state index contributed by atoms with van der Waals surface area (Å²) >= 11 is 1.26. The van der Waals surface area contributed by atoms with Crippen LogP contribution in [0.15, 0.2) is 18.2 Å². The van der Waals surface area contributed by atoms with Crippen molar-refractivity contribution in [1.29, 1.82) is 0 Å². The maximum Gasteiger partial charge on any atom is 0.347 e. The molecule has 0 aliphatic carbocycles. The van der Waals surface area contributed by atoms with E-state index in [1.54, 1.807) is 0 Å². The lowest BCUT2D eigenvalue weighted by molar-refractivity contribution is 0.0700. The van der Waals surface area contributed by atoms with Crippen LogP contribution in [0.25, 0.3) is 0 Å². The van der Waals surface area contributed by atoms with E-state index in [0.29, 0.717) is 30.0 Å². The van der Waals surface area contributed by atoms with Crippen molar-refractivity contribution < 1.29 is 14.6 Å². The minimum Gasteiger partial charge on any atom is -0.493 e. The first-order valence-electron chi connectivity index (χ1n) is 7.43. The number of hydrogen-bond acceptors (Lipinski definition) is 4. The van der Waals surface area contributed by atoms with Crippen molar-refractivity contribution in [1.82, 2.24) is 4.98 Å². The summed E-state index contributed by atoms with van der Waals surface area (Å²) in [6.45, 7) is 6.57. The normalized spacial score (nSPS) is 10.7. The van der Waals surface area contributed by atoms with Gasteiger partial charge in [0.2, 0.25) is 0 Å². The standard InChI is InChI=1S/C17H21NO3S/c1-4-6-13-16(17(19)20)22-14(18-13)9-10-21-15-11(2)7-5-8-12(15)3/h5,7-8H,4,6,9-10H2,1-3H3,(H,19,20). The van der Waals surface area contributed by atoms with Crippen molar-refractivity contribution in [2.75, 3.05) is 6.61 Å². The number of carboxylic acid groups (broad SMARTS) is 1. The SMILES string of the molecule is CCCc1nc(CCOc2c(C)cccc2C)sc1C(=O)O. The molecule has 22 heavy (non-hydrogen) atoms. The fraction of sp³-hybridized carbons (Fsp3) is 0.412. The number of carboxylic acids is 1. The van der Waals surface area contributed by atoms with Crippen LogP contribution < -0.4 is 4.74 Å². The van der Waals surface area contributed by atoms with E-state index >= 15 is 0 Å². The largest absolute Gasteiger partial charge is 0.493 e. The maximum absolute atomic E-state index is 11.2. The zero-order chi connectivity index (χ0) is 16.1. The lowest BCUT2D eigenvalue weighted by Gasteiger charge is -2.10. The van der Waals surface area contributed by atoms with Crippen LogP contribution in [0.5, 0.6) is 5.75 Å². The van der Waals surface area contributed by atoms with Crippen molar-refractivity contribution in [3.05, 3.63) is 44.9 Å². The molecule has 2 aromatic rings. The molecular formula is C17H21NO3S. The number of hydrogen-bond donors (Lipinski definition) is 1. The molecule has 0 amide bonds. The smallest absolute Gasteiger partial charge is 0.347 e. The second-order valence-corrected chi connectivity index (χ2v) is 6.34. The minimum atomic E-state index is -0.886. The van der Waals surface area contributed by atoms with Crippen LogP contribution in [-0.4, -0.2) is 22.7 Å². The van der Waals surface area contributed by atoms with Crippen LogP contribution in [-0.2, 0) is 12.8 Å². The molecule has 0 spiro atoms. The molecule has 0 bridgehead atoms. The summed E-state index contributed by atoms with van der Waals surface area (Å²) in [6.07, 6.45) is 2.22. The maximum atomic E-state index is 11.2. The van der Waals surface area contributed by atoms with Crippen LogP contribution in [0.4, 0.5) is 0 Å². The van der Waals surface area contributed by atoms with Gasteiger partial charge in [0.05, 0.1) is 17.3 Å². The number of carbonyl (C=O) groups is 1. The summed E-state index contributed by atoms with van der Waals surface area (Å²) in [5.74, 6) is 0.0224. The number of benzene rings is 1. The van der Waals surface area contributed by atoms with Crippen LogP contribution in [0.2, 0.25) is 0 Å². The number of aromatic carboxylic acids is 1. The first kappa shape index (κ1) is 16.5. The van der Waals surface area contributed by atoms with Crippen molar-refractivity contribution >= 4 is 17.3 Å². The molecule has 2 rings (SSSR count). The zero-order valence-electron chi connectivity index (χ0n) is 13.2. The fourth-order valence-corrected chi connectivity index (χ4v) is 3.28. The summed E-state index contributed by atoms with van der Waals surface area (Å²) in [7, 11) is 0. The highest BCUT2D eigenvalue weighted by Gasteiger charge is 2.16. The molecule has 0 saturated heterocycles. The van der Waals surface area contributed by atoms with E-state index in [0.717, 1.165) is 28.3 Å². The van der Waals surface area contributed by atoms with E-state index in [9.17, 15) is 9.90 Å². The van der Waals surface area contributed by atoms with Crippen LogP contribution in [0, 0.1) is 13.8 Å². The van der Waals surface area contributed by atoms with Crippen LogP contribution >= 0.6 is 11.3 Å².